The van der Waals surface area contributed by atoms with Crippen molar-refractivity contribution in [3.05, 3.63) is 47.0 Å². The van der Waals surface area contributed by atoms with Crippen LogP contribution in [0.5, 0.6) is 5.75 Å². The smallest absolute Gasteiger partial charge is 0.323 e. The van der Waals surface area contributed by atoms with Crippen molar-refractivity contribution in [2.45, 2.75) is 0 Å². The maximum atomic E-state index is 12.0. The van der Waals surface area contributed by atoms with Gasteiger partial charge in [-0.05, 0) is 24.3 Å². The summed E-state index contributed by atoms with van der Waals surface area (Å²) in [5.74, 6) is -0.853. The lowest BCUT2D eigenvalue weighted by molar-refractivity contribution is -0.142. The first-order valence-corrected chi connectivity index (χ1v) is 6.90. The van der Waals surface area contributed by atoms with Gasteiger partial charge in [-0.25, -0.2) is 0 Å². The summed E-state index contributed by atoms with van der Waals surface area (Å²) in [6.07, 6.45) is 4.38. The number of hydrogen-bond donors (Lipinski definition) is 1. The highest BCUT2D eigenvalue weighted by Crippen LogP contribution is 2.24. The quantitative estimate of drug-likeness (QED) is 0.604. The van der Waals surface area contributed by atoms with Crippen LogP contribution in [0.1, 0.15) is 5.56 Å². The molecule has 1 amide bonds. The molecule has 1 rings (SSSR count). The molecule has 6 heteroatoms. The Balaban J connectivity index is 2.91. The fraction of sp³-hybridized carbons (Fsp3) is 0.200. The third-order valence-electron chi connectivity index (χ3n) is 2.58. The second-order valence-corrected chi connectivity index (χ2v) is 5.04. The Morgan fingerprint density at radius 1 is 1.48 bits per heavy atom. The summed E-state index contributed by atoms with van der Waals surface area (Å²) < 4.78 is 6.05. The third kappa shape index (κ3) is 5.43. The number of nitrogens with zero attached hydrogens (tertiary/aromatic N) is 1. The van der Waals surface area contributed by atoms with E-state index in [2.05, 4.69) is 22.5 Å². The highest BCUT2D eigenvalue weighted by atomic mass is 79.9. The summed E-state index contributed by atoms with van der Waals surface area (Å²) >= 11 is 3.34. The van der Waals surface area contributed by atoms with Gasteiger partial charge in [-0.15, -0.1) is 6.58 Å². The minimum atomic E-state index is -1.07. The molecule has 1 aromatic carbocycles. The van der Waals surface area contributed by atoms with E-state index in [-0.39, 0.29) is 13.1 Å². The predicted octanol–water partition coefficient (Wildman–Crippen LogP) is 2.57. The van der Waals surface area contributed by atoms with Gasteiger partial charge in [-0.1, -0.05) is 22.0 Å². The molecule has 0 spiro atoms. The first-order chi connectivity index (χ1) is 9.97. The minimum Gasteiger partial charge on any atom is -0.496 e. The normalized spacial score (nSPS) is 10.4. The van der Waals surface area contributed by atoms with Crippen LogP contribution in [0.15, 0.2) is 41.4 Å². The Bertz CT molecular complexity index is 569. The molecular formula is C15H16BrNO4. The van der Waals surface area contributed by atoms with Gasteiger partial charge in [-0.3, -0.25) is 9.59 Å². The van der Waals surface area contributed by atoms with Crippen LogP contribution >= 0.6 is 15.9 Å². The number of benzene rings is 1. The monoisotopic (exact) mass is 353 g/mol. The van der Waals surface area contributed by atoms with Crippen molar-refractivity contribution in [2.24, 2.45) is 0 Å². The van der Waals surface area contributed by atoms with Gasteiger partial charge in [0.25, 0.3) is 0 Å². The van der Waals surface area contributed by atoms with Crippen molar-refractivity contribution in [1.29, 1.82) is 0 Å². The molecule has 0 unspecified atom stereocenters. The average molecular weight is 354 g/mol. The van der Waals surface area contributed by atoms with Gasteiger partial charge in [0, 0.05) is 22.7 Å². The fourth-order valence-electron chi connectivity index (χ4n) is 1.65. The lowest BCUT2D eigenvalue weighted by Gasteiger charge is -2.16. The van der Waals surface area contributed by atoms with Gasteiger partial charge in [-0.2, -0.15) is 0 Å². The molecule has 112 valence electrons. The van der Waals surface area contributed by atoms with Crippen LogP contribution in [0.25, 0.3) is 6.08 Å². The zero-order valence-corrected chi connectivity index (χ0v) is 13.2. The lowest BCUT2D eigenvalue weighted by atomic mass is 10.2. The van der Waals surface area contributed by atoms with E-state index in [0.29, 0.717) is 11.3 Å². The zero-order valence-electron chi connectivity index (χ0n) is 11.6. The molecule has 5 nitrogen and oxygen atoms in total. The predicted molar refractivity (Wildman–Crippen MR) is 84.1 cm³/mol. The van der Waals surface area contributed by atoms with E-state index in [1.807, 2.05) is 6.07 Å². The highest BCUT2D eigenvalue weighted by Gasteiger charge is 2.12. The number of hydrogen-bond acceptors (Lipinski definition) is 3. The second kappa shape index (κ2) is 8.26. The van der Waals surface area contributed by atoms with E-state index in [0.717, 1.165) is 4.47 Å². The van der Waals surface area contributed by atoms with Crippen LogP contribution < -0.4 is 4.74 Å². The molecule has 0 aliphatic heterocycles. The van der Waals surface area contributed by atoms with E-state index < -0.39 is 11.9 Å². The van der Waals surface area contributed by atoms with Crippen LogP contribution in [0.2, 0.25) is 0 Å². The Hall–Kier alpha value is -2.08. The topological polar surface area (TPSA) is 66.8 Å². The summed E-state index contributed by atoms with van der Waals surface area (Å²) in [5.41, 5.74) is 0.717. The molecule has 0 saturated heterocycles. The summed E-state index contributed by atoms with van der Waals surface area (Å²) in [5, 5.41) is 8.78. The van der Waals surface area contributed by atoms with Gasteiger partial charge in [0.05, 0.1) is 7.11 Å². The van der Waals surface area contributed by atoms with Gasteiger partial charge < -0.3 is 14.7 Å². The molecule has 0 atom stereocenters. The number of aliphatic carboxylic acids is 1. The summed E-state index contributed by atoms with van der Waals surface area (Å²) in [6.45, 7) is 3.31. The van der Waals surface area contributed by atoms with Crippen molar-refractivity contribution >= 4 is 33.9 Å². The van der Waals surface area contributed by atoms with Crippen molar-refractivity contribution in [2.75, 3.05) is 20.2 Å². The maximum Gasteiger partial charge on any atom is 0.323 e. The number of ether oxygens (including phenoxy) is 1. The van der Waals surface area contributed by atoms with Crippen LogP contribution in [0.3, 0.4) is 0 Å². The van der Waals surface area contributed by atoms with Crippen molar-refractivity contribution in [3.63, 3.8) is 0 Å². The molecule has 1 N–H and O–H groups in total. The molecule has 0 fully saturated rings. The number of methoxy groups -OCH3 is 1. The van der Waals surface area contributed by atoms with Crippen molar-refractivity contribution in [3.8, 4) is 5.75 Å². The maximum absolute atomic E-state index is 12.0. The van der Waals surface area contributed by atoms with E-state index in [1.54, 1.807) is 18.2 Å². The van der Waals surface area contributed by atoms with Crippen molar-refractivity contribution < 1.29 is 19.4 Å². The van der Waals surface area contributed by atoms with Crippen LogP contribution in [-0.4, -0.2) is 42.1 Å². The molecule has 0 aliphatic carbocycles. The van der Waals surface area contributed by atoms with E-state index in [9.17, 15) is 9.59 Å². The van der Waals surface area contributed by atoms with E-state index in [4.69, 9.17) is 9.84 Å². The molecule has 0 heterocycles. The Labute approximate surface area is 131 Å². The molecule has 0 radical (unpaired) electrons. The first-order valence-electron chi connectivity index (χ1n) is 6.11. The van der Waals surface area contributed by atoms with Crippen molar-refractivity contribution in [1.82, 2.24) is 4.90 Å². The average Bonchev–Trinajstić information content (AvgIpc) is 2.44. The number of carboxylic acid groups (broad SMARTS) is 1. The molecule has 0 bridgehead atoms. The van der Waals surface area contributed by atoms with Crippen LogP contribution in [0, 0.1) is 0 Å². The number of halogens is 1. The largest absolute Gasteiger partial charge is 0.496 e. The molecular weight excluding hydrogens is 338 g/mol. The van der Waals surface area contributed by atoms with Gasteiger partial charge >= 0.3 is 5.97 Å². The number of carboxylic acids is 1. The van der Waals surface area contributed by atoms with E-state index >= 15 is 0 Å². The van der Waals surface area contributed by atoms with E-state index in [1.165, 1.54) is 24.2 Å². The van der Waals surface area contributed by atoms with Gasteiger partial charge in [0.2, 0.25) is 5.91 Å². The SMILES string of the molecule is C=CCN(CC(=O)O)C(=O)C=Cc1cc(Br)ccc1OC. The molecule has 21 heavy (non-hydrogen) atoms. The Kier molecular flexibility index (Phi) is 6.68. The Morgan fingerprint density at radius 2 is 2.19 bits per heavy atom. The number of amides is 1. The summed E-state index contributed by atoms with van der Waals surface area (Å²) in [7, 11) is 1.54. The summed E-state index contributed by atoms with van der Waals surface area (Å²) in [4.78, 5) is 23.9. The summed E-state index contributed by atoms with van der Waals surface area (Å²) in [6, 6.07) is 5.40. The fourth-order valence-corrected chi connectivity index (χ4v) is 2.03. The molecule has 0 saturated carbocycles. The minimum absolute atomic E-state index is 0.172. The van der Waals surface area contributed by atoms with Gasteiger partial charge in [0.1, 0.15) is 12.3 Å². The van der Waals surface area contributed by atoms with Crippen LogP contribution in [-0.2, 0) is 9.59 Å². The lowest BCUT2D eigenvalue weighted by Crippen LogP contribution is -2.34. The highest BCUT2D eigenvalue weighted by molar-refractivity contribution is 9.10. The van der Waals surface area contributed by atoms with Gasteiger partial charge in [0.15, 0.2) is 0 Å². The number of rotatable bonds is 7. The Morgan fingerprint density at radius 3 is 2.76 bits per heavy atom. The third-order valence-corrected chi connectivity index (χ3v) is 3.08. The molecule has 1 aromatic rings. The number of carbonyl (C=O) groups is 2. The standard InChI is InChI=1S/C15H16BrNO4/c1-3-8-17(10-15(19)20)14(18)7-4-11-9-12(16)5-6-13(11)21-2/h3-7,9H,1,8,10H2,2H3,(H,19,20). The first kappa shape index (κ1) is 17.0. The molecule has 0 aliphatic rings. The number of carbonyl (C=O) groups excluding carboxylic acids is 1. The second-order valence-electron chi connectivity index (χ2n) is 4.12. The van der Waals surface area contributed by atoms with Crippen LogP contribution in [0.4, 0.5) is 0 Å². The molecule has 0 aromatic heterocycles. The zero-order chi connectivity index (χ0) is 15.8.